The van der Waals surface area contributed by atoms with E-state index in [4.69, 9.17) is 27.9 Å². The summed E-state index contributed by atoms with van der Waals surface area (Å²) in [5.74, 6) is 0.643. The number of rotatable bonds is 5. The molecule has 0 saturated carbocycles. The van der Waals surface area contributed by atoms with Gasteiger partial charge >= 0.3 is 0 Å². The van der Waals surface area contributed by atoms with Gasteiger partial charge in [-0.05, 0) is 34.5 Å². The van der Waals surface area contributed by atoms with Gasteiger partial charge in [-0.3, -0.25) is 4.68 Å². The molecule has 0 saturated heterocycles. The van der Waals surface area contributed by atoms with Crippen LogP contribution in [0, 0.1) is 0 Å². The molecule has 0 N–H and O–H groups in total. The number of ether oxygens (including phenoxy) is 1. The molecule has 0 bridgehead atoms. The Balaban J connectivity index is 2.27. The molecule has 2 rings (SSSR count). The first-order valence-electron chi connectivity index (χ1n) is 6.34. The molecular formula is C14H14Br2Cl2N2O. The van der Waals surface area contributed by atoms with Crippen molar-refractivity contribution in [2.45, 2.75) is 25.3 Å². The van der Waals surface area contributed by atoms with Crippen LogP contribution in [0.1, 0.15) is 23.9 Å². The molecular weight excluding hydrogens is 443 g/mol. The van der Waals surface area contributed by atoms with E-state index < -0.39 is 0 Å². The predicted molar refractivity (Wildman–Crippen MR) is 93.7 cm³/mol. The molecule has 0 amide bonds. The summed E-state index contributed by atoms with van der Waals surface area (Å²) in [5.41, 5.74) is 2.90. The second kappa shape index (κ2) is 7.36. The molecule has 0 aliphatic rings. The topological polar surface area (TPSA) is 27.1 Å². The van der Waals surface area contributed by atoms with Gasteiger partial charge in [0.05, 0.1) is 20.9 Å². The van der Waals surface area contributed by atoms with Crippen LogP contribution in [0.15, 0.2) is 16.6 Å². The highest BCUT2D eigenvalue weighted by Gasteiger charge is 2.15. The average Bonchev–Trinajstić information content (AvgIpc) is 2.72. The van der Waals surface area contributed by atoms with Crippen LogP contribution in [-0.4, -0.2) is 9.78 Å². The minimum absolute atomic E-state index is 0.380. The molecule has 3 nitrogen and oxygen atoms in total. The largest absolute Gasteiger partial charge is 0.485 e. The lowest BCUT2D eigenvalue weighted by Gasteiger charge is -2.13. The van der Waals surface area contributed by atoms with Crippen LogP contribution in [-0.2, 0) is 25.4 Å². The molecule has 0 aliphatic carbocycles. The normalized spacial score (nSPS) is 11.0. The van der Waals surface area contributed by atoms with Gasteiger partial charge in [-0.15, -0.1) is 0 Å². The predicted octanol–water partition coefficient (Wildman–Crippen LogP) is 5.53. The van der Waals surface area contributed by atoms with E-state index in [0.717, 1.165) is 27.8 Å². The smallest absolute Gasteiger partial charge is 0.142 e. The molecule has 0 atom stereocenters. The molecule has 1 heterocycles. The molecule has 21 heavy (non-hydrogen) atoms. The maximum absolute atomic E-state index is 6.23. The van der Waals surface area contributed by atoms with Gasteiger partial charge in [0.2, 0.25) is 0 Å². The Morgan fingerprint density at radius 1 is 1.33 bits per heavy atom. The van der Waals surface area contributed by atoms with Crippen LogP contribution in [0.25, 0.3) is 0 Å². The Morgan fingerprint density at radius 3 is 2.62 bits per heavy atom. The summed E-state index contributed by atoms with van der Waals surface area (Å²) in [6, 6.07) is 3.52. The molecule has 2 aromatic rings. The summed E-state index contributed by atoms with van der Waals surface area (Å²) in [4.78, 5) is 0. The number of benzene rings is 1. The SMILES string of the molecule is CCc1nn(C)c(COc2c(Cl)cc(Cl)cc2CBr)c1Br. The highest BCUT2D eigenvalue weighted by Crippen LogP contribution is 2.35. The molecule has 1 aromatic carbocycles. The van der Waals surface area contributed by atoms with E-state index >= 15 is 0 Å². The summed E-state index contributed by atoms with van der Waals surface area (Å²) in [7, 11) is 1.90. The Bertz CT molecular complexity index is 659. The van der Waals surface area contributed by atoms with Crippen LogP contribution < -0.4 is 4.74 Å². The minimum atomic E-state index is 0.380. The van der Waals surface area contributed by atoms with Crippen molar-refractivity contribution in [3.8, 4) is 5.75 Å². The van der Waals surface area contributed by atoms with Crippen molar-refractivity contribution in [2.24, 2.45) is 7.05 Å². The standard InChI is InChI=1S/C14H14Br2Cl2N2O/c1-3-11-13(16)12(20(2)19-11)7-21-14-8(6-15)4-9(17)5-10(14)18/h4-5H,3,6-7H2,1-2H3. The number of aryl methyl sites for hydroxylation is 2. The third-order valence-corrected chi connectivity index (χ3v) is 5.10. The van der Waals surface area contributed by atoms with E-state index in [0.29, 0.717) is 27.7 Å². The van der Waals surface area contributed by atoms with E-state index in [1.807, 2.05) is 17.8 Å². The molecule has 0 fully saturated rings. The third kappa shape index (κ3) is 3.76. The lowest BCUT2D eigenvalue weighted by molar-refractivity contribution is 0.292. The third-order valence-electron chi connectivity index (χ3n) is 3.09. The fourth-order valence-electron chi connectivity index (χ4n) is 1.99. The van der Waals surface area contributed by atoms with Gasteiger partial charge in [-0.25, -0.2) is 0 Å². The average molecular weight is 457 g/mol. The van der Waals surface area contributed by atoms with Crippen molar-refractivity contribution < 1.29 is 4.74 Å². The second-order valence-corrected chi connectivity index (χ2v) is 6.68. The summed E-state index contributed by atoms with van der Waals surface area (Å²) < 4.78 is 8.71. The Labute approximate surface area is 150 Å². The van der Waals surface area contributed by atoms with E-state index in [1.54, 1.807) is 6.07 Å². The zero-order valence-corrected chi connectivity index (χ0v) is 16.3. The molecule has 0 unspecified atom stereocenters. The number of hydrogen-bond acceptors (Lipinski definition) is 2. The van der Waals surface area contributed by atoms with Gasteiger partial charge in [-0.2, -0.15) is 5.10 Å². The van der Waals surface area contributed by atoms with Gasteiger partial charge in [-0.1, -0.05) is 46.1 Å². The minimum Gasteiger partial charge on any atom is -0.485 e. The number of nitrogens with zero attached hydrogens (tertiary/aromatic N) is 2. The Morgan fingerprint density at radius 2 is 2.05 bits per heavy atom. The monoisotopic (exact) mass is 454 g/mol. The van der Waals surface area contributed by atoms with Gasteiger partial charge in [0.15, 0.2) is 0 Å². The molecule has 0 radical (unpaired) electrons. The molecule has 114 valence electrons. The molecule has 1 aromatic heterocycles. The van der Waals surface area contributed by atoms with Crippen molar-refractivity contribution in [3.63, 3.8) is 0 Å². The Kier molecular flexibility index (Phi) is 6.00. The van der Waals surface area contributed by atoms with E-state index in [1.165, 1.54) is 0 Å². The Hall–Kier alpha value is -0.230. The first kappa shape index (κ1) is 17.1. The van der Waals surface area contributed by atoms with Gasteiger partial charge in [0.25, 0.3) is 0 Å². The quantitative estimate of drug-likeness (QED) is 0.553. The van der Waals surface area contributed by atoms with Crippen molar-refractivity contribution in [1.82, 2.24) is 9.78 Å². The van der Waals surface area contributed by atoms with Crippen LogP contribution >= 0.6 is 55.1 Å². The van der Waals surface area contributed by atoms with Crippen LogP contribution in [0.3, 0.4) is 0 Å². The lowest BCUT2D eigenvalue weighted by atomic mass is 10.2. The number of alkyl halides is 1. The van der Waals surface area contributed by atoms with Crippen molar-refractivity contribution in [1.29, 1.82) is 0 Å². The van der Waals surface area contributed by atoms with E-state index in [-0.39, 0.29) is 0 Å². The second-order valence-electron chi connectivity index (χ2n) is 4.48. The number of hydrogen-bond donors (Lipinski definition) is 0. The maximum atomic E-state index is 6.23. The van der Waals surface area contributed by atoms with Crippen LogP contribution in [0.5, 0.6) is 5.75 Å². The van der Waals surface area contributed by atoms with E-state index in [9.17, 15) is 0 Å². The van der Waals surface area contributed by atoms with Crippen molar-refractivity contribution in [2.75, 3.05) is 0 Å². The summed E-state index contributed by atoms with van der Waals surface area (Å²) in [6.07, 6.45) is 0.864. The zero-order valence-electron chi connectivity index (χ0n) is 11.6. The molecule has 0 aliphatic heterocycles. The maximum Gasteiger partial charge on any atom is 0.142 e. The van der Waals surface area contributed by atoms with Gasteiger partial charge < -0.3 is 4.74 Å². The lowest BCUT2D eigenvalue weighted by Crippen LogP contribution is -2.05. The van der Waals surface area contributed by atoms with E-state index in [2.05, 4.69) is 43.9 Å². The highest BCUT2D eigenvalue weighted by atomic mass is 79.9. The summed E-state index contributed by atoms with van der Waals surface area (Å²) in [6.45, 7) is 2.45. The number of halogens is 4. The molecule has 7 heteroatoms. The summed E-state index contributed by atoms with van der Waals surface area (Å²) in [5, 5.41) is 6.17. The van der Waals surface area contributed by atoms with Gasteiger partial charge in [0, 0.05) is 23.0 Å². The van der Waals surface area contributed by atoms with Crippen molar-refractivity contribution in [3.05, 3.63) is 43.6 Å². The summed E-state index contributed by atoms with van der Waals surface area (Å²) >= 11 is 19.2. The molecule has 0 spiro atoms. The van der Waals surface area contributed by atoms with Gasteiger partial charge in [0.1, 0.15) is 12.4 Å². The first-order valence-corrected chi connectivity index (χ1v) is 9.01. The number of aromatic nitrogens is 2. The van der Waals surface area contributed by atoms with Crippen molar-refractivity contribution >= 4 is 55.1 Å². The highest BCUT2D eigenvalue weighted by molar-refractivity contribution is 9.10. The van der Waals surface area contributed by atoms with Crippen LogP contribution in [0.2, 0.25) is 10.0 Å². The fraction of sp³-hybridized carbons (Fsp3) is 0.357. The van der Waals surface area contributed by atoms with Crippen LogP contribution in [0.4, 0.5) is 0 Å². The zero-order chi connectivity index (χ0) is 15.6. The fourth-order valence-corrected chi connectivity index (χ4v) is 3.73. The first-order chi connectivity index (χ1) is 9.97.